The van der Waals surface area contributed by atoms with E-state index in [0.717, 1.165) is 0 Å². The van der Waals surface area contributed by atoms with Gasteiger partial charge in [-0.05, 0) is 6.07 Å². The summed E-state index contributed by atoms with van der Waals surface area (Å²) in [5.74, 6) is -0.705. The van der Waals surface area contributed by atoms with Crippen LogP contribution in [-0.2, 0) is 9.30 Å². The van der Waals surface area contributed by atoms with E-state index >= 15 is 0 Å². The van der Waals surface area contributed by atoms with Crippen LogP contribution in [0.2, 0.25) is 0 Å². The average molecular weight is 483 g/mol. The lowest BCUT2D eigenvalue weighted by Crippen LogP contribution is -2.64. The lowest BCUT2D eigenvalue weighted by molar-refractivity contribution is -0.252. The summed E-state index contributed by atoms with van der Waals surface area (Å²) in [5.41, 5.74) is 0.0942. The van der Waals surface area contributed by atoms with Crippen LogP contribution in [-0.4, -0.2) is 63.6 Å². The number of ether oxygens (including phenoxy) is 1. The fourth-order valence-corrected chi connectivity index (χ4v) is 6.98. The number of aliphatic hydroxyl groups is 4. The lowest BCUT2D eigenvalue weighted by Gasteiger charge is -2.40. The van der Waals surface area contributed by atoms with Gasteiger partial charge in [-0.25, -0.2) is 0 Å². The van der Waals surface area contributed by atoms with E-state index in [2.05, 4.69) is 5.32 Å². The molecular weight excluding hydrogens is 457 g/mol. The van der Waals surface area contributed by atoms with Crippen molar-refractivity contribution >= 4 is 29.0 Å². The Labute approximate surface area is 196 Å². The molecule has 1 aliphatic heterocycles. The fourth-order valence-electron chi connectivity index (χ4n) is 4.13. The predicted molar refractivity (Wildman–Crippen MR) is 127 cm³/mol. The molecule has 8 nitrogen and oxygen atoms in total. The topological polar surface area (TPSA) is 136 Å². The zero-order chi connectivity index (χ0) is 24.3. The Kier molecular flexibility index (Phi) is 7.28. The second-order valence-electron chi connectivity index (χ2n) is 8.03. The number of amides is 1. The van der Waals surface area contributed by atoms with Gasteiger partial charge in [-0.15, -0.1) is 0 Å². The first-order chi connectivity index (χ1) is 16.4. The first kappa shape index (κ1) is 24.3. The highest BCUT2D eigenvalue weighted by molar-refractivity contribution is 7.85. The maximum atomic E-state index is 14.7. The van der Waals surface area contributed by atoms with Crippen molar-refractivity contribution in [3.63, 3.8) is 0 Å². The van der Waals surface area contributed by atoms with Crippen molar-refractivity contribution in [2.24, 2.45) is 0 Å². The first-order valence-corrected chi connectivity index (χ1v) is 12.5. The molecule has 0 bridgehead atoms. The molecule has 5 atom stereocenters. The van der Waals surface area contributed by atoms with Crippen LogP contribution in [0.1, 0.15) is 10.4 Å². The maximum Gasteiger partial charge on any atom is 0.252 e. The molecule has 178 valence electrons. The second kappa shape index (κ2) is 10.2. The van der Waals surface area contributed by atoms with Gasteiger partial charge >= 0.3 is 0 Å². The molecule has 1 saturated heterocycles. The van der Waals surface area contributed by atoms with E-state index in [1.54, 1.807) is 66.7 Å². The van der Waals surface area contributed by atoms with Crippen molar-refractivity contribution in [3.05, 3.63) is 90.5 Å². The van der Waals surface area contributed by atoms with Crippen molar-refractivity contribution in [2.75, 3.05) is 6.61 Å². The van der Waals surface area contributed by atoms with Crippen molar-refractivity contribution in [1.29, 1.82) is 0 Å². The summed E-state index contributed by atoms with van der Waals surface area (Å²) >= 11 is 0. The smallest absolute Gasteiger partial charge is 0.252 e. The van der Waals surface area contributed by atoms with Crippen LogP contribution in [0, 0.1) is 0 Å². The van der Waals surface area contributed by atoms with Gasteiger partial charge in [-0.3, -0.25) is 4.79 Å². The summed E-state index contributed by atoms with van der Waals surface area (Å²) in [6, 6.07) is 22.8. The summed E-state index contributed by atoms with van der Waals surface area (Å²) in [4.78, 5) is 13.4. The van der Waals surface area contributed by atoms with Gasteiger partial charge in [0.25, 0.3) is 5.91 Å². The number of aliphatic hydroxyl groups excluding tert-OH is 4. The lowest BCUT2D eigenvalue weighted by atomic mass is 9.97. The summed E-state index contributed by atoms with van der Waals surface area (Å²) in [7, 11) is -3.48. The third-order valence-corrected chi connectivity index (χ3v) is 9.04. The molecule has 3 aromatic carbocycles. The van der Waals surface area contributed by atoms with Crippen molar-refractivity contribution in [2.45, 2.75) is 30.6 Å². The SMILES string of the molecule is O=C(N[C@@H]1C(O)OC(CO)[C@@H](O)C1O)c1ccccc1P(=O)(c1ccccc1)c1ccccc1. The predicted octanol–water partition coefficient (Wildman–Crippen LogP) is -0.144. The quantitative estimate of drug-likeness (QED) is 0.308. The summed E-state index contributed by atoms with van der Waals surface area (Å²) in [6.07, 6.45) is -5.97. The molecule has 0 spiro atoms. The number of rotatable bonds is 6. The molecular formula is C25H26NO7P. The first-order valence-electron chi connectivity index (χ1n) is 10.8. The van der Waals surface area contributed by atoms with E-state index in [0.29, 0.717) is 15.9 Å². The average Bonchev–Trinajstić information content (AvgIpc) is 2.89. The Morgan fingerprint density at radius 3 is 1.91 bits per heavy atom. The highest BCUT2D eigenvalue weighted by Gasteiger charge is 2.45. The molecule has 0 aliphatic carbocycles. The molecule has 0 aromatic heterocycles. The number of hydrogen-bond donors (Lipinski definition) is 5. The fraction of sp³-hybridized carbons (Fsp3) is 0.240. The van der Waals surface area contributed by atoms with Gasteiger partial charge in [0.05, 0.1) is 12.2 Å². The van der Waals surface area contributed by atoms with Crippen LogP contribution in [0.4, 0.5) is 0 Å². The molecule has 1 amide bonds. The molecule has 1 fully saturated rings. The Bertz CT molecular complexity index is 1130. The number of benzene rings is 3. The van der Waals surface area contributed by atoms with Crippen LogP contribution in [0.5, 0.6) is 0 Å². The molecule has 3 aromatic rings. The summed E-state index contributed by atoms with van der Waals surface area (Å²) in [6.45, 7) is -0.615. The van der Waals surface area contributed by atoms with Gasteiger partial charge in [-0.1, -0.05) is 78.9 Å². The molecule has 0 saturated carbocycles. The molecule has 0 radical (unpaired) electrons. The highest BCUT2D eigenvalue weighted by Crippen LogP contribution is 2.43. The van der Waals surface area contributed by atoms with E-state index in [1.165, 1.54) is 6.07 Å². The van der Waals surface area contributed by atoms with Gasteiger partial charge < -0.3 is 35.0 Å². The molecule has 1 heterocycles. The van der Waals surface area contributed by atoms with E-state index < -0.39 is 50.3 Å². The summed E-state index contributed by atoms with van der Waals surface area (Å²) < 4.78 is 19.9. The van der Waals surface area contributed by atoms with E-state index in [-0.39, 0.29) is 5.56 Å². The Balaban J connectivity index is 1.75. The zero-order valence-electron chi connectivity index (χ0n) is 18.1. The standard InChI is InChI=1S/C25H26NO7P/c27-15-19-22(28)23(29)21(25(31)33-19)26-24(30)18-13-7-8-14-20(18)34(32,16-9-3-1-4-10-16)17-11-5-2-6-12-17/h1-14,19,21-23,25,27-29,31H,15H2,(H,26,30)/t19?,21-,22+,23?,25?/m0/s1. The third kappa shape index (κ3) is 4.44. The minimum absolute atomic E-state index is 0.0942. The van der Waals surface area contributed by atoms with Gasteiger partial charge in [0.1, 0.15) is 24.4 Å². The molecule has 3 unspecified atom stereocenters. The van der Waals surface area contributed by atoms with E-state index in [4.69, 9.17) is 4.74 Å². The number of nitrogens with one attached hydrogen (secondary N) is 1. The monoisotopic (exact) mass is 483 g/mol. The molecule has 1 aliphatic rings. The normalized spacial score (nSPS) is 25.0. The minimum atomic E-state index is -3.48. The van der Waals surface area contributed by atoms with Gasteiger partial charge in [0, 0.05) is 15.9 Å². The Morgan fingerprint density at radius 2 is 1.35 bits per heavy atom. The Morgan fingerprint density at radius 1 is 0.824 bits per heavy atom. The van der Waals surface area contributed by atoms with Crippen LogP contribution < -0.4 is 21.2 Å². The summed E-state index contributed by atoms with van der Waals surface area (Å²) in [5, 5.41) is 44.0. The molecule has 9 heteroatoms. The largest absolute Gasteiger partial charge is 0.394 e. The van der Waals surface area contributed by atoms with Crippen molar-refractivity contribution in [1.82, 2.24) is 5.32 Å². The maximum absolute atomic E-state index is 14.7. The zero-order valence-corrected chi connectivity index (χ0v) is 19.0. The molecule has 34 heavy (non-hydrogen) atoms. The van der Waals surface area contributed by atoms with E-state index in [9.17, 15) is 29.8 Å². The van der Waals surface area contributed by atoms with E-state index in [1.807, 2.05) is 12.1 Å². The number of carbonyl (C=O) groups is 1. The van der Waals surface area contributed by atoms with Crippen LogP contribution in [0.15, 0.2) is 84.9 Å². The van der Waals surface area contributed by atoms with Crippen LogP contribution in [0.25, 0.3) is 0 Å². The molecule has 5 N–H and O–H groups in total. The minimum Gasteiger partial charge on any atom is -0.394 e. The molecule has 4 rings (SSSR count). The number of hydrogen-bond acceptors (Lipinski definition) is 7. The van der Waals surface area contributed by atoms with Crippen LogP contribution in [0.3, 0.4) is 0 Å². The van der Waals surface area contributed by atoms with Crippen LogP contribution >= 0.6 is 7.14 Å². The third-order valence-electron chi connectivity index (χ3n) is 5.93. The highest BCUT2D eigenvalue weighted by atomic mass is 31.2. The van der Waals surface area contributed by atoms with Crippen molar-refractivity contribution < 1.29 is 34.5 Å². The number of carbonyl (C=O) groups excluding carboxylic acids is 1. The second-order valence-corrected chi connectivity index (χ2v) is 10.8. The van der Waals surface area contributed by atoms with Gasteiger partial charge in [0.2, 0.25) is 0 Å². The van der Waals surface area contributed by atoms with Gasteiger partial charge in [0.15, 0.2) is 13.4 Å². The van der Waals surface area contributed by atoms with Crippen molar-refractivity contribution in [3.8, 4) is 0 Å². The Hall–Kier alpha value is -2.84. The van der Waals surface area contributed by atoms with Gasteiger partial charge in [-0.2, -0.15) is 0 Å².